The van der Waals surface area contributed by atoms with Gasteiger partial charge >= 0.3 is 0 Å². The molecule has 8 heteroatoms. The summed E-state index contributed by atoms with van der Waals surface area (Å²) in [4.78, 5) is 40.4. The van der Waals surface area contributed by atoms with Crippen molar-refractivity contribution in [2.45, 2.75) is 85.0 Å². The number of allylic oxidation sites excluding steroid dienone is 10. The first-order valence-corrected chi connectivity index (χ1v) is 18.1. The average Bonchev–Trinajstić information content (AvgIpc) is 3.57. The first-order chi connectivity index (χ1) is 24.4. The van der Waals surface area contributed by atoms with Gasteiger partial charge in [0, 0.05) is 48.6 Å². The number of anilines is 1. The van der Waals surface area contributed by atoms with Gasteiger partial charge in [0.2, 0.25) is 11.8 Å². The van der Waals surface area contributed by atoms with E-state index in [1.54, 1.807) is 0 Å². The number of rotatable bonds is 23. The average molecular weight is 681 g/mol. The number of H-pyrrole nitrogens is 1. The lowest BCUT2D eigenvalue weighted by molar-refractivity contribution is -0.121. The molecule has 0 bridgehead atoms. The predicted octanol–water partition coefficient (Wildman–Crippen LogP) is 8.23. The summed E-state index contributed by atoms with van der Waals surface area (Å²) < 4.78 is 5.57. The Balaban J connectivity index is 1.17. The van der Waals surface area contributed by atoms with Crippen molar-refractivity contribution < 1.29 is 19.1 Å². The van der Waals surface area contributed by atoms with Crippen LogP contribution in [-0.4, -0.2) is 49.0 Å². The number of hydrogen-bond acceptors (Lipinski definition) is 4. The maximum Gasteiger partial charge on any atom is 0.256 e. The lowest BCUT2D eigenvalue weighted by Gasteiger charge is -2.08. The van der Waals surface area contributed by atoms with Crippen LogP contribution in [0.15, 0.2) is 85.0 Å². The number of para-hydroxylation sites is 1. The molecule has 1 aromatic carbocycles. The minimum absolute atomic E-state index is 0.0280. The molecule has 2 aromatic rings. The van der Waals surface area contributed by atoms with E-state index in [0.717, 1.165) is 78.7 Å². The second kappa shape index (κ2) is 23.6. The normalized spacial score (nSPS) is 13.9. The molecular formula is C42H56N4O4. The number of amides is 3. The fourth-order valence-corrected chi connectivity index (χ4v) is 5.55. The van der Waals surface area contributed by atoms with E-state index >= 15 is 0 Å². The summed E-state index contributed by atoms with van der Waals surface area (Å²) in [6.45, 7) is 7.80. The maximum absolute atomic E-state index is 12.5. The van der Waals surface area contributed by atoms with E-state index < -0.39 is 0 Å². The third kappa shape index (κ3) is 14.8. The lowest BCUT2D eigenvalue weighted by Crippen LogP contribution is -2.30. The SMILES string of the molecule is CCC=CCC=CCC=CCC=CCC=CCCCC(=O)NCCOCCNC(=O)CCc1c(C)[nH]c(C=C2C(=O)Nc3ccccc32)c1C. The van der Waals surface area contributed by atoms with Crippen molar-refractivity contribution in [3.63, 3.8) is 0 Å². The quantitative estimate of drug-likeness (QED) is 0.0538. The molecule has 8 nitrogen and oxygen atoms in total. The van der Waals surface area contributed by atoms with Gasteiger partial charge in [-0.15, -0.1) is 0 Å². The molecule has 0 spiro atoms. The topological polar surface area (TPSA) is 112 Å². The van der Waals surface area contributed by atoms with E-state index in [1.165, 1.54) is 0 Å². The number of aromatic amines is 1. The van der Waals surface area contributed by atoms with Crippen LogP contribution in [0.4, 0.5) is 5.69 Å². The third-order valence-electron chi connectivity index (χ3n) is 8.30. The summed E-state index contributed by atoms with van der Waals surface area (Å²) in [5.74, 6) is -0.130. The minimum Gasteiger partial charge on any atom is -0.378 e. The van der Waals surface area contributed by atoms with Crippen LogP contribution in [0, 0.1) is 13.8 Å². The number of benzene rings is 1. The van der Waals surface area contributed by atoms with Crippen LogP contribution in [0.3, 0.4) is 0 Å². The van der Waals surface area contributed by atoms with Crippen LogP contribution in [0.2, 0.25) is 0 Å². The molecule has 0 radical (unpaired) electrons. The summed E-state index contributed by atoms with van der Waals surface area (Å²) in [5.41, 5.74) is 6.34. The van der Waals surface area contributed by atoms with Crippen molar-refractivity contribution in [3.05, 3.63) is 113 Å². The first kappa shape index (κ1) is 39.7. The first-order valence-electron chi connectivity index (χ1n) is 18.1. The lowest BCUT2D eigenvalue weighted by atomic mass is 10.0. The molecule has 0 fully saturated rings. The standard InChI is InChI=1S/C42H56N4O4/c1-4-5-6-7-8-9-10-11-12-13-14-15-16-17-18-19-20-25-40(47)43-28-30-50-31-29-44-41(48)27-26-35-33(2)39(45-34(35)3)32-37-36-23-21-22-24-38(36)46-42(37)49/h5-6,8-9,11-12,14-15,17-18,21-24,32,45H,4,7,10,13,16,19-20,25-31H2,1-3H3,(H,43,47)(H,44,48)(H,46,49). The second-order valence-corrected chi connectivity index (χ2v) is 12.2. The van der Waals surface area contributed by atoms with Crippen LogP contribution in [0.25, 0.3) is 11.6 Å². The van der Waals surface area contributed by atoms with E-state index in [-0.39, 0.29) is 17.7 Å². The molecule has 0 aliphatic carbocycles. The fourth-order valence-electron chi connectivity index (χ4n) is 5.55. The second-order valence-electron chi connectivity index (χ2n) is 12.2. The van der Waals surface area contributed by atoms with Gasteiger partial charge in [-0.3, -0.25) is 14.4 Å². The highest BCUT2D eigenvalue weighted by atomic mass is 16.5. The molecule has 3 rings (SSSR count). The Morgan fingerprint density at radius 2 is 1.36 bits per heavy atom. The van der Waals surface area contributed by atoms with Gasteiger partial charge in [-0.2, -0.15) is 0 Å². The Morgan fingerprint density at radius 1 is 0.780 bits per heavy atom. The summed E-state index contributed by atoms with van der Waals surface area (Å²) in [6.07, 6.45) is 31.8. The van der Waals surface area contributed by atoms with Crippen molar-refractivity contribution in [1.29, 1.82) is 0 Å². The van der Waals surface area contributed by atoms with Gasteiger partial charge in [0.1, 0.15) is 0 Å². The van der Waals surface area contributed by atoms with Crippen molar-refractivity contribution in [3.8, 4) is 0 Å². The molecule has 2 heterocycles. The van der Waals surface area contributed by atoms with E-state index in [2.05, 4.69) is 88.6 Å². The number of nitrogens with one attached hydrogen (secondary N) is 4. The summed E-state index contributed by atoms with van der Waals surface area (Å²) >= 11 is 0. The summed E-state index contributed by atoms with van der Waals surface area (Å²) in [7, 11) is 0. The number of carbonyl (C=O) groups is 3. The van der Waals surface area contributed by atoms with Gasteiger partial charge in [0.25, 0.3) is 5.91 Å². The van der Waals surface area contributed by atoms with Gasteiger partial charge in [-0.25, -0.2) is 0 Å². The highest BCUT2D eigenvalue weighted by Crippen LogP contribution is 2.33. The zero-order valence-corrected chi connectivity index (χ0v) is 30.2. The van der Waals surface area contributed by atoms with Gasteiger partial charge in [0.15, 0.2) is 0 Å². The molecule has 1 aromatic heterocycles. The van der Waals surface area contributed by atoms with Crippen LogP contribution >= 0.6 is 0 Å². The number of unbranched alkanes of at least 4 members (excludes halogenated alkanes) is 1. The molecule has 1 aliphatic rings. The van der Waals surface area contributed by atoms with Gasteiger partial charge in [0.05, 0.1) is 18.8 Å². The minimum atomic E-state index is -0.114. The van der Waals surface area contributed by atoms with Crippen LogP contribution in [-0.2, 0) is 25.5 Å². The van der Waals surface area contributed by atoms with Gasteiger partial charge < -0.3 is 25.7 Å². The molecule has 50 heavy (non-hydrogen) atoms. The molecule has 0 unspecified atom stereocenters. The Kier molecular flexibility index (Phi) is 18.8. The molecule has 3 amide bonds. The van der Waals surface area contributed by atoms with Crippen molar-refractivity contribution in [2.75, 3.05) is 31.6 Å². The Morgan fingerprint density at radius 3 is 2.00 bits per heavy atom. The molecule has 1 aliphatic heterocycles. The Bertz CT molecular complexity index is 1560. The molecule has 0 saturated heterocycles. The number of carbonyl (C=O) groups excluding carboxylic acids is 3. The van der Waals surface area contributed by atoms with E-state index in [4.69, 9.17) is 4.74 Å². The third-order valence-corrected chi connectivity index (χ3v) is 8.30. The molecule has 0 atom stereocenters. The van der Waals surface area contributed by atoms with Crippen molar-refractivity contribution in [2.24, 2.45) is 0 Å². The van der Waals surface area contributed by atoms with E-state index in [0.29, 0.717) is 51.1 Å². The number of ether oxygens (including phenoxy) is 1. The highest BCUT2D eigenvalue weighted by molar-refractivity contribution is 6.34. The molecular weight excluding hydrogens is 624 g/mol. The summed E-state index contributed by atoms with van der Waals surface area (Å²) in [5, 5.41) is 8.70. The largest absolute Gasteiger partial charge is 0.378 e. The number of aryl methyl sites for hydroxylation is 1. The maximum atomic E-state index is 12.5. The Labute approximate surface area is 298 Å². The van der Waals surface area contributed by atoms with Gasteiger partial charge in [-0.05, 0) is 88.5 Å². The summed E-state index contributed by atoms with van der Waals surface area (Å²) in [6, 6.07) is 7.65. The highest BCUT2D eigenvalue weighted by Gasteiger charge is 2.24. The zero-order chi connectivity index (χ0) is 35.8. The number of hydrogen-bond donors (Lipinski definition) is 4. The molecule has 268 valence electrons. The smallest absolute Gasteiger partial charge is 0.256 e. The molecule has 4 N–H and O–H groups in total. The fraction of sp³-hybridized carbons (Fsp3) is 0.405. The van der Waals surface area contributed by atoms with Crippen molar-refractivity contribution >= 4 is 35.1 Å². The van der Waals surface area contributed by atoms with Crippen molar-refractivity contribution in [1.82, 2.24) is 15.6 Å². The number of aromatic nitrogens is 1. The van der Waals surface area contributed by atoms with E-state index in [9.17, 15) is 14.4 Å². The predicted molar refractivity (Wildman–Crippen MR) is 207 cm³/mol. The number of fused-ring (bicyclic) bond motifs is 1. The zero-order valence-electron chi connectivity index (χ0n) is 30.2. The van der Waals surface area contributed by atoms with Gasteiger partial charge in [-0.1, -0.05) is 85.9 Å². The van der Waals surface area contributed by atoms with Crippen LogP contribution < -0.4 is 16.0 Å². The van der Waals surface area contributed by atoms with Crippen LogP contribution in [0.5, 0.6) is 0 Å². The Hall–Kier alpha value is -4.69. The van der Waals surface area contributed by atoms with Crippen LogP contribution in [0.1, 0.15) is 92.8 Å². The monoisotopic (exact) mass is 680 g/mol. The molecule has 0 saturated carbocycles. The van der Waals surface area contributed by atoms with E-state index in [1.807, 2.05) is 44.2 Å².